The highest BCUT2D eigenvalue weighted by molar-refractivity contribution is 5.97. The summed E-state index contributed by atoms with van der Waals surface area (Å²) in [6.45, 7) is 2.61. The molecule has 8 nitrogen and oxygen atoms in total. The molecule has 4 heterocycles. The van der Waals surface area contributed by atoms with Crippen LogP contribution in [0.1, 0.15) is 43.8 Å². The molecule has 2 aromatic carbocycles. The summed E-state index contributed by atoms with van der Waals surface area (Å²) >= 11 is 0. The summed E-state index contributed by atoms with van der Waals surface area (Å²) in [6.07, 6.45) is 4.84. The second-order valence-electron chi connectivity index (χ2n) is 9.28. The van der Waals surface area contributed by atoms with Crippen LogP contribution in [0.4, 0.5) is 5.69 Å². The van der Waals surface area contributed by atoms with E-state index in [0.717, 1.165) is 48.5 Å². The van der Waals surface area contributed by atoms with E-state index in [1.165, 1.54) is 12.8 Å². The lowest BCUT2D eigenvalue weighted by Crippen LogP contribution is -2.35. The number of anilines is 1. The molecule has 0 aliphatic carbocycles. The maximum absolute atomic E-state index is 13.3. The van der Waals surface area contributed by atoms with Crippen LogP contribution in [-0.2, 0) is 16.1 Å². The van der Waals surface area contributed by atoms with Crippen molar-refractivity contribution in [3.8, 4) is 11.5 Å². The number of amides is 2. The number of imidazole rings is 1. The maximum Gasteiger partial charge on any atom is 0.242 e. The van der Waals surface area contributed by atoms with Crippen LogP contribution in [0.5, 0.6) is 11.5 Å². The van der Waals surface area contributed by atoms with E-state index in [-0.39, 0.29) is 31.1 Å². The van der Waals surface area contributed by atoms with E-state index in [1.807, 2.05) is 51.9 Å². The summed E-state index contributed by atoms with van der Waals surface area (Å²) in [5.41, 5.74) is 2.59. The number of hydrogen-bond acceptors (Lipinski definition) is 5. The van der Waals surface area contributed by atoms with Crippen molar-refractivity contribution < 1.29 is 19.1 Å². The van der Waals surface area contributed by atoms with Gasteiger partial charge in [0.05, 0.1) is 11.0 Å². The first-order valence-electron chi connectivity index (χ1n) is 12.1. The van der Waals surface area contributed by atoms with Crippen molar-refractivity contribution in [1.82, 2.24) is 14.5 Å². The molecular weight excluding hydrogens is 432 g/mol. The molecule has 2 saturated heterocycles. The van der Waals surface area contributed by atoms with Crippen LogP contribution in [0.2, 0.25) is 0 Å². The minimum atomic E-state index is -0.0951. The molecule has 1 unspecified atom stereocenters. The van der Waals surface area contributed by atoms with Crippen LogP contribution in [0.15, 0.2) is 42.5 Å². The zero-order valence-electron chi connectivity index (χ0n) is 19.1. The number of carbonyl (C=O) groups excluding carboxylic acids is 2. The lowest BCUT2D eigenvalue weighted by Gasteiger charge is -2.22. The molecule has 3 aliphatic rings. The number of hydrogen-bond donors (Lipinski definition) is 0. The molecular formula is C26H28N4O4. The predicted molar refractivity (Wildman–Crippen MR) is 127 cm³/mol. The predicted octanol–water partition coefficient (Wildman–Crippen LogP) is 3.69. The molecule has 6 rings (SSSR count). The molecule has 34 heavy (non-hydrogen) atoms. The minimum absolute atomic E-state index is 0.0429. The monoisotopic (exact) mass is 460 g/mol. The van der Waals surface area contributed by atoms with Gasteiger partial charge in [-0.15, -0.1) is 0 Å². The molecule has 8 heteroatoms. The number of aromatic nitrogens is 2. The van der Waals surface area contributed by atoms with Crippen LogP contribution in [0.25, 0.3) is 11.0 Å². The van der Waals surface area contributed by atoms with Crippen LogP contribution in [0.3, 0.4) is 0 Å². The quantitative estimate of drug-likeness (QED) is 0.594. The third-order valence-electron chi connectivity index (χ3n) is 7.09. The van der Waals surface area contributed by atoms with E-state index < -0.39 is 0 Å². The number of fused-ring (bicyclic) bond motifs is 2. The summed E-state index contributed by atoms with van der Waals surface area (Å²) < 4.78 is 12.9. The molecule has 2 amide bonds. The minimum Gasteiger partial charge on any atom is -0.454 e. The number of nitrogens with zero attached hydrogens (tertiary/aromatic N) is 4. The van der Waals surface area contributed by atoms with E-state index in [9.17, 15) is 9.59 Å². The molecule has 0 bridgehead atoms. The summed E-state index contributed by atoms with van der Waals surface area (Å²) in [6, 6.07) is 13.5. The fourth-order valence-corrected chi connectivity index (χ4v) is 5.31. The Labute approximate surface area is 198 Å². The van der Waals surface area contributed by atoms with Crippen LogP contribution < -0.4 is 14.4 Å². The lowest BCUT2D eigenvalue weighted by atomic mass is 10.1. The second kappa shape index (κ2) is 8.66. The number of para-hydroxylation sites is 2. The SMILES string of the molecule is O=C(Cn1c(C2CC(=O)N(c3ccc4c(c3)OCO4)C2)nc2ccccc21)N1CCCCCC1. The fraction of sp³-hybridized carbons (Fsp3) is 0.423. The molecule has 3 aromatic rings. The maximum atomic E-state index is 13.3. The zero-order valence-corrected chi connectivity index (χ0v) is 19.1. The van der Waals surface area contributed by atoms with Gasteiger partial charge in [-0.2, -0.15) is 0 Å². The Morgan fingerprint density at radius 3 is 2.65 bits per heavy atom. The summed E-state index contributed by atoms with van der Waals surface area (Å²) in [5, 5.41) is 0. The number of ether oxygens (including phenoxy) is 2. The Hall–Kier alpha value is -3.55. The smallest absolute Gasteiger partial charge is 0.242 e. The Morgan fingerprint density at radius 2 is 1.79 bits per heavy atom. The fourth-order valence-electron chi connectivity index (χ4n) is 5.31. The first-order chi connectivity index (χ1) is 16.7. The first kappa shape index (κ1) is 21.0. The van der Waals surface area contributed by atoms with Gasteiger partial charge in [0, 0.05) is 43.7 Å². The average Bonchev–Trinajstić information content (AvgIpc) is 3.50. The van der Waals surface area contributed by atoms with Crippen LogP contribution >= 0.6 is 0 Å². The molecule has 3 aliphatic heterocycles. The van der Waals surface area contributed by atoms with Gasteiger partial charge >= 0.3 is 0 Å². The molecule has 0 N–H and O–H groups in total. The number of benzene rings is 2. The molecule has 1 aromatic heterocycles. The lowest BCUT2D eigenvalue weighted by molar-refractivity contribution is -0.131. The molecule has 0 saturated carbocycles. The third kappa shape index (κ3) is 3.77. The van der Waals surface area contributed by atoms with Crippen LogP contribution in [0, 0.1) is 0 Å². The summed E-state index contributed by atoms with van der Waals surface area (Å²) in [7, 11) is 0. The van der Waals surface area contributed by atoms with Crippen molar-refractivity contribution in [3.05, 3.63) is 48.3 Å². The summed E-state index contributed by atoms with van der Waals surface area (Å²) in [5.74, 6) is 2.23. The Kier molecular flexibility index (Phi) is 5.36. The van der Waals surface area contributed by atoms with E-state index in [2.05, 4.69) is 0 Å². The van der Waals surface area contributed by atoms with Crippen molar-refractivity contribution >= 4 is 28.5 Å². The molecule has 1 atom stereocenters. The number of rotatable bonds is 4. The Balaban J connectivity index is 1.29. The van der Waals surface area contributed by atoms with Gasteiger partial charge in [-0.05, 0) is 37.1 Å². The van der Waals surface area contributed by atoms with Gasteiger partial charge in [0.2, 0.25) is 18.6 Å². The Morgan fingerprint density at radius 1 is 1.00 bits per heavy atom. The first-order valence-corrected chi connectivity index (χ1v) is 12.1. The van der Waals surface area contributed by atoms with Gasteiger partial charge in [0.15, 0.2) is 11.5 Å². The van der Waals surface area contributed by atoms with Gasteiger partial charge in [-0.3, -0.25) is 9.59 Å². The van der Waals surface area contributed by atoms with Crippen molar-refractivity contribution in [2.24, 2.45) is 0 Å². The van der Waals surface area contributed by atoms with Crippen molar-refractivity contribution in [1.29, 1.82) is 0 Å². The largest absolute Gasteiger partial charge is 0.454 e. The van der Waals surface area contributed by atoms with Crippen molar-refractivity contribution in [2.75, 3.05) is 31.3 Å². The highest BCUT2D eigenvalue weighted by Gasteiger charge is 2.36. The van der Waals surface area contributed by atoms with Crippen molar-refractivity contribution in [2.45, 2.75) is 44.6 Å². The standard InChI is InChI=1S/C26H28N4O4/c31-24-13-18(15-29(24)19-9-10-22-23(14-19)34-17-33-22)26-27-20-7-3-4-8-21(20)30(26)16-25(32)28-11-5-1-2-6-12-28/h3-4,7-10,14,18H,1-2,5-6,11-13,15-17H2. The topological polar surface area (TPSA) is 76.9 Å². The van der Waals surface area contributed by atoms with Gasteiger partial charge in [0.1, 0.15) is 12.4 Å². The van der Waals surface area contributed by atoms with E-state index >= 15 is 0 Å². The van der Waals surface area contributed by atoms with Gasteiger partial charge in [-0.25, -0.2) is 4.98 Å². The summed E-state index contributed by atoms with van der Waals surface area (Å²) in [4.78, 5) is 35.0. The third-order valence-corrected chi connectivity index (χ3v) is 7.09. The highest BCUT2D eigenvalue weighted by atomic mass is 16.7. The van der Waals surface area contributed by atoms with Gasteiger partial charge in [0.25, 0.3) is 0 Å². The van der Waals surface area contributed by atoms with E-state index in [1.54, 1.807) is 4.90 Å². The highest BCUT2D eigenvalue weighted by Crippen LogP contribution is 2.39. The Bertz CT molecular complexity index is 1240. The zero-order chi connectivity index (χ0) is 23.1. The molecule has 0 spiro atoms. The number of carbonyl (C=O) groups is 2. The van der Waals surface area contributed by atoms with Crippen molar-refractivity contribution in [3.63, 3.8) is 0 Å². The number of likely N-dealkylation sites (tertiary alicyclic amines) is 1. The van der Waals surface area contributed by atoms with Gasteiger partial charge < -0.3 is 23.8 Å². The normalized spacial score (nSPS) is 20.2. The van der Waals surface area contributed by atoms with Gasteiger partial charge in [-0.1, -0.05) is 25.0 Å². The molecule has 0 radical (unpaired) electrons. The second-order valence-corrected chi connectivity index (χ2v) is 9.28. The van der Waals surface area contributed by atoms with E-state index in [0.29, 0.717) is 24.5 Å². The molecule has 2 fully saturated rings. The van der Waals surface area contributed by atoms with Crippen LogP contribution in [-0.4, -0.2) is 52.7 Å². The average molecular weight is 461 g/mol. The van der Waals surface area contributed by atoms with E-state index in [4.69, 9.17) is 14.5 Å². The molecule has 176 valence electrons.